The molecule has 3 rings (SSSR count). The van der Waals surface area contributed by atoms with Gasteiger partial charge in [-0.05, 0) is 31.5 Å². The average Bonchev–Trinajstić information content (AvgIpc) is 3.24. The van der Waals surface area contributed by atoms with Crippen LogP contribution in [0, 0.1) is 13.8 Å². The molecule has 0 spiro atoms. The topological polar surface area (TPSA) is 58.3 Å². The molecule has 0 amide bonds. The van der Waals surface area contributed by atoms with Gasteiger partial charge in [-0.15, -0.1) is 11.3 Å². The predicted molar refractivity (Wildman–Crippen MR) is 107 cm³/mol. The molecule has 1 aromatic carbocycles. The molecule has 26 heavy (non-hydrogen) atoms. The first-order valence-corrected chi connectivity index (χ1v) is 9.38. The average molecular weight is 369 g/mol. The molecule has 3 aromatic rings. The Morgan fingerprint density at radius 2 is 2.08 bits per heavy atom. The number of benzene rings is 1. The lowest BCUT2D eigenvalue weighted by molar-refractivity contribution is 0.470. The van der Waals surface area contributed by atoms with Crippen molar-refractivity contribution in [3.8, 4) is 5.69 Å². The Balaban J connectivity index is 1.69. The molecule has 136 valence electrons. The molecule has 6 nitrogen and oxygen atoms in total. The molecule has 0 bridgehead atoms. The summed E-state index contributed by atoms with van der Waals surface area (Å²) < 4.78 is 1.91. The van der Waals surface area contributed by atoms with E-state index in [1.54, 1.807) is 18.4 Å². The Morgan fingerprint density at radius 1 is 1.27 bits per heavy atom. The molecule has 0 aliphatic heterocycles. The SMILES string of the molecule is CN=C(NCc1ccccc1-n1ccc(C)n1)N(C)Cc1csc(C)n1. The van der Waals surface area contributed by atoms with E-state index >= 15 is 0 Å². The molecule has 0 saturated carbocycles. The molecular weight excluding hydrogens is 344 g/mol. The molecule has 0 fully saturated rings. The Morgan fingerprint density at radius 3 is 2.73 bits per heavy atom. The van der Waals surface area contributed by atoms with E-state index in [0.717, 1.165) is 40.2 Å². The lowest BCUT2D eigenvalue weighted by Crippen LogP contribution is -2.38. The largest absolute Gasteiger partial charge is 0.352 e. The summed E-state index contributed by atoms with van der Waals surface area (Å²) in [5.41, 5.74) is 4.29. The number of thiazole rings is 1. The van der Waals surface area contributed by atoms with Crippen LogP contribution in [0.5, 0.6) is 0 Å². The molecule has 1 N–H and O–H groups in total. The smallest absolute Gasteiger partial charge is 0.194 e. The van der Waals surface area contributed by atoms with E-state index in [1.807, 2.05) is 50.0 Å². The minimum Gasteiger partial charge on any atom is -0.352 e. The highest BCUT2D eigenvalue weighted by atomic mass is 32.1. The standard InChI is InChI=1S/C19H24N6S/c1-14-9-10-25(23-14)18-8-6-5-7-16(18)11-21-19(20-3)24(4)12-17-13-26-15(2)22-17/h5-10,13H,11-12H2,1-4H3,(H,20,21). The minimum absolute atomic E-state index is 0.669. The molecule has 0 aliphatic carbocycles. The zero-order valence-electron chi connectivity index (χ0n) is 15.6. The van der Waals surface area contributed by atoms with Crippen LogP contribution in [0.4, 0.5) is 0 Å². The van der Waals surface area contributed by atoms with Gasteiger partial charge in [-0.1, -0.05) is 18.2 Å². The summed E-state index contributed by atoms with van der Waals surface area (Å²) in [6.45, 7) is 5.41. The second-order valence-corrected chi connectivity index (χ2v) is 7.21. The number of nitrogens with one attached hydrogen (secondary N) is 1. The third kappa shape index (κ3) is 4.29. The van der Waals surface area contributed by atoms with Crippen LogP contribution >= 0.6 is 11.3 Å². The van der Waals surface area contributed by atoms with Crippen LogP contribution in [0.3, 0.4) is 0 Å². The molecule has 0 saturated heterocycles. The number of rotatable bonds is 5. The first-order chi connectivity index (χ1) is 12.6. The fourth-order valence-electron chi connectivity index (χ4n) is 2.79. The van der Waals surface area contributed by atoms with Crippen molar-refractivity contribution >= 4 is 17.3 Å². The Labute approximate surface area is 158 Å². The summed E-state index contributed by atoms with van der Waals surface area (Å²) in [5.74, 6) is 0.835. The number of nitrogens with zero attached hydrogens (tertiary/aromatic N) is 5. The molecule has 0 atom stereocenters. The summed E-state index contributed by atoms with van der Waals surface area (Å²) in [7, 11) is 3.82. The maximum Gasteiger partial charge on any atom is 0.194 e. The second-order valence-electron chi connectivity index (χ2n) is 6.15. The third-order valence-electron chi connectivity index (χ3n) is 4.04. The van der Waals surface area contributed by atoms with Gasteiger partial charge in [0.25, 0.3) is 0 Å². The van der Waals surface area contributed by atoms with Gasteiger partial charge >= 0.3 is 0 Å². The van der Waals surface area contributed by atoms with Crippen molar-refractivity contribution in [2.45, 2.75) is 26.9 Å². The number of guanidine groups is 1. The highest BCUT2D eigenvalue weighted by molar-refractivity contribution is 7.09. The lowest BCUT2D eigenvalue weighted by Gasteiger charge is -2.22. The van der Waals surface area contributed by atoms with E-state index in [4.69, 9.17) is 0 Å². The van der Waals surface area contributed by atoms with E-state index in [2.05, 4.69) is 42.8 Å². The first kappa shape index (κ1) is 18.1. The molecule has 2 aromatic heterocycles. The maximum atomic E-state index is 4.52. The zero-order valence-corrected chi connectivity index (χ0v) is 16.4. The molecule has 0 aliphatic rings. The summed E-state index contributed by atoms with van der Waals surface area (Å²) in [5, 5.41) is 11.1. The lowest BCUT2D eigenvalue weighted by atomic mass is 10.2. The summed E-state index contributed by atoms with van der Waals surface area (Å²) in [4.78, 5) is 11.0. The maximum absolute atomic E-state index is 4.52. The Bertz CT molecular complexity index is 895. The molecule has 2 heterocycles. The van der Waals surface area contributed by atoms with Crippen molar-refractivity contribution in [3.63, 3.8) is 0 Å². The van der Waals surface area contributed by atoms with Gasteiger partial charge < -0.3 is 10.2 Å². The number of hydrogen-bond donors (Lipinski definition) is 1. The summed E-state index contributed by atoms with van der Waals surface area (Å²) >= 11 is 1.67. The van der Waals surface area contributed by atoms with Crippen molar-refractivity contribution in [1.82, 2.24) is 25.0 Å². The van der Waals surface area contributed by atoms with Crippen LogP contribution in [-0.4, -0.2) is 39.7 Å². The van der Waals surface area contributed by atoms with Crippen molar-refractivity contribution in [1.29, 1.82) is 0 Å². The van der Waals surface area contributed by atoms with Gasteiger partial charge in [0.15, 0.2) is 5.96 Å². The highest BCUT2D eigenvalue weighted by Crippen LogP contribution is 2.14. The van der Waals surface area contributed by atoms with E-state index in [9.17, 15) is 0 Å². The van der Waals surface area contributed by atoms with E-state index < -0.39 is 0 Å². The van der Waals surface area contributed by atoms with Crippen molar-refractivity contribution in [3.05, 3.63) is 63.9 Å². The zero-order chi connectivity index (χ0) is 18.5. The monoisotopic (exact) mass is 368 g/mol. The van der Waals surface area contributed by atoms with Crippen LogP contribution in [0.25, 0.3) is 5.69 Å². The number of para-hydroxylation sites is 1. The molecule has 7 heteroatoms. The number of aryl methyl sites for hydroxylation is 2. The van der Waals surface area contributed by atoms with Crippen LogP contribution in [0.15, 0.2) is 46.9 Å². The first-order valence-electron chi connectivity index (χ1n) is 8.50. The molecule has 0 unspecified atom stereocenters. The fourth-order valence-corrected chi connectivity index (χ4v) is 3.39. The van der Waals surface area contributed by atoms with Gasteiger partial charge in [0.05, 0.1) is 28.6 Å². The van der Waals surface area contributed by atoms with Gasteiger partial charge in [0.1, 0.15) is 0 Å². The normalized spacial score (nSPS) is 11.6. The quantitative estimate of drug-likeness (QED) is 0.555. The van der Waals surface area contributed by atoms with E-state index in [0.29, 0.717) is 6.54 Å². The van der Waals surface area contributed by atoms with Crippen molar-refractivity contribution < 1.29 is 0 Å². The van der Waals surface area contributed by atoms with Crippen LogP contribution in [0.2, 0.25) is 0 Å². The minimum atomic E-state index is 0.669. The predicted octanol–water partition coefficient (Wildman–Crippen LogP) is 3.15. The summed E-state index contributed by atoms with van der Waals surface area (Å²) in [6.07, 6.45) is 1.99. The van der Waals surface area contributed by atoms with Gasteiger partial charge in [0, 0.05) is 32.2 Å². The number of aliphatic imine (C=N–C) groups is 1. The second kappa shape index (κ2) is 8.14. The van der Waals surface area contributed by atoms with Crippen LogP contribution in [0.1, 0.15) is 22.0 Å². The molecule has 0 radical (unpaired) electrons. The van der Waals surface area contributed by atoms with Gasteiger partial charge in [-0.3, -0.25) is 4.99 Å². The number of aromatic nitrogens is 3. The highest BCUT2D eigenvalue weighted by Gasteiger charge is 2.10. The third-order valence-corrected chi connectivity index (χ3v) is 4.86. The summed E-state index contributed by atoms with van der Waals surface area (Å²) in [6, 6.07) is 10.3. The van der Waals surface area contributed by atoms with Crippen molar-refractivity contribution in [2.24, 2.45) is 4.99 Å². The van der Waals surface area contributed by atoms with E-state index in [-0.39, 0.29) is 0 Å². The Hall–Kier alpha value is -2.67. The van der Waals surface area contributed by atoms with Gasteiger partial charge in [-0.25, -0.2) is 9.67 Å². The number of hydrogen-bond acceptors (Lipinski definition) is 4. The van der Waals surface area contributed by atoms with Gasteiger partial charge in [-0.2, -0.15) is 5.10 Å². The van der Waals surface area contributed by atoms with Gasteiger partial charge in [0.2, 0.25) is 0 Å². The molecular formula is C19H24N6S. The van der Waals surface area contributed by atoms with Crippen LogP contribution < -0.4 is 5.32 Å². The fraction of sp³-hybridized carbons (Fsp3) is 0.316. The van der Waals surface area contributed by atoms with E-state index in [1.165, 1.54) is 0 Å². The Kier molecular flexibility index (Phi) is 5.68. The van der Waals surface area contributed by atoms with Crippen molar-refractivity contribution in [2.75, 3.05) is 14.1 Å². The van der Waals surface area contributed by atoms with Crippen LogP contribution in [-0.2, 0) is 13.1 Å².